The number of carbonyl (C=O) groups is 1. The molecule has 0 aliphatic heterocycles. The standard InChI is InChI=1S/C17H15F3O4/c1-2-15(21)23-10-12-4-3-5-14(16(12)22)11-6-8-13(9-7-11)24-17(18,19)20/h3-9,22H,2,10H2,1H3. The van der Waals surface area contributed by atoms with Gasteiger partial charge in [0.15, 0.2) is 0 Å². The quantitative estimate of drug-likeness (QED) is 0.819. The first-order chi connectivity index (χ1) is 11.3. The number of esters is 1. The summed E-state index contributed by atoms with van der Waals surface area (Å²) in [5.41, 5.74) is 1.33. The molecule has 0 aromatic heterocycles. The third-order valence-corrected chi connectivity index (χ3v) is 3.20. The van der Waals surface area contributed by atoms with E-state index in [1.165, 1.54) is 12.1 Å². The van der Waals surface area contributed by atoms with Crippen LogP contribution in [-0.4, -0.2) is 17.4 Å². The van der Waals surface area contributed by atoms with Crippen molar-refractivity contribution in [3.8, 4) is 22.6 Å². The molecule has 2 aromatic rings. The number of ether oxygens (including phenoxy) is 2. The molecule has 2 rings (SSSR count). The van der Waals surface area contributed by atoms with Gasteiger partial charge in [-0.3, -0.25) is 4.79 Å². The summed E-state index contributed by atoms with van der Waals surface area (Å²) in [6.07, 6.45) is -4.53. The summed E-state index contributed by atoms with van der Waals surface area (Å²) in [4.78, 5) is 11.2. The minimum atomic E-state index is -4.76. The third-order valence-electron chi connectivity index (χ3n) is 3.20. The molecule has 0 atom stereocenters. The maximum absolute atomic E-state index is 12.2. The molecule has 2 aromatic carbocycles. The van der Waals surface area contributed by atoms with Crippen molar-refractivity contribution in [2.75, 3.05) is 0 Å². The normalized spacial score (nSPS) is 11.2. The van der Waals surface area contributed by atoms with Crippen LogP contribution < -0.4 is 4.74 Å². The van der Waals surface area contributed by atoms with Gasteiger partial charge in [-0.2, -0.15) is 0 Å². The molecular formula is C17H15F3O4. The molecule has 0 saturated heterocycles. The van der Waals surface area contributed by atoms with E-state index in [1.54, 1.807) is 25.1 Å². The second kappa shape index (κ2) is 7.25. The molecule has 4 nitrogen and oxygen atoms in total. The summed E-state index contributed by atoms with van der Waals surface area (Å²) >= 11 is 0. The highest BCUT2D eigenvalue weighted by Gasteiger charge is 2.31. The Morgan fingerprint density at radius 2 is 1.79 bits per heavy atom. The van der Waals surface area contributed by atoms with Crippen molar-refractivity contribution in [2.24, 2.45) is 0 Å². The molecule has 0 aliphatic rings. The summed E-state index contributed by atoms with van der Waals surface area (Å²) in [7, 11) is 0. The third kappa shape index (κ3) is 4.65. The van der Waals surface area contributed by atoms with E-state index >= 15 is 0 Å². The van der Waals surface area contributed by atoms with Crippen LogP contribution in [0.2, 0.25) is 0 Å². The lowest BCUT2D eigenvalue weighted by atomic mass is 10.0. The van der Waals surface area contributed by atoms with E-state index < -0.39 is 12.3 Å². The first kappa shape index (κ1) is 17.7. The molecule has 0 spiro atoms. The molecule has 0 radical (unpaired) electrons. The molecule has 128 valence electrons. The van der Waals surface area contributed by atoms with Gasteiger partial charge in [-0.05, 0) is 17.7 Å². The molecule has 0 saturated carbocycles. The van der Waals surface area contributed by atoms with Crippen LogP contribution in [0.5, 0.6) is 11.5 Å². The summed E-state index contributed by atoms with van der Waals surface area (Å²) in [6.45, 7) is 1.57. The van der Waals surface area contributed by atoms with E-state index in [2.05, 4.69) is 4.74 Å². The average molecular weight is 340 g/mol. The largest absolute Gasteiger partial charge is 0.573 e. The number of phenolic OH excluding ortho intramolecular Hbond substituents is 1. The highest BCUT2D eigenvalue weighted by molar-refractivity contribution is 5.73. The number of para-hydroxylation sites is 1. The second-order valence-corrected chi connectivity index (χ2v) is 4.90. The molecular weight excluding hydrogens is 325 g/mol. The van der Waals surface area contributed by atoms with Gasteiger partial charge >= 0.3 is 12.3 Å². The summed E-state index contributed by atoms with van der Waals surface area (Å²) < 4.78 is 45.3. The Balaban J connectivity index is 2.21. The zero-order valence-electron chi connectivity index (χ0n) is 12.8. The van der Waals surface area contributed by atoms with Gasteiger partial charge in [-0.15, -0.1) is 13.2 Å². The SMILES string of the molecule is CCC(=O)OCc1cccc(-c2ccc(OC(F)(F)F)cc2)c1O. The van der Waals surface area contributed by atoms with Gasteiger partial charge in [-0.1, -0.05) is 37.3 Å². The lowest BCUT2D eigenvalue weighted by molar-refractivity contribution is -0.274. The van der Waals surface area contributed by atoms with Crippen molar-refractivity contribution in [1.29, 1.82) is 0 Å². The second-order valence-electron chi connectivity index (χ2n) is 4.90. The molecule has 0 aliphatic carbocycles. The zero-order chi connectivity index (χ0) is 17.7. The minimum Gasteiger partial charge on any atom is -0.507 e. The number of aromatic hydroxyl groups is 1. The van der Waals surface area contributed by atoms with Crippen molar-refractivity contribution >= 4 is 5.97 Å². The maximum Gasteiger partial charge on any atom is 0.573 e. The van der Waals surface area contributed by atoms with E-state index in [0.29, 0.717) is 16.7 Å². The van der Waals surface area contributed by atoms with Crippen LogP contribution in [0, 0.1) is 0 Å². The number of hydrogen-bond acceptors (Lipinski definition) is 4. The molecule has 0 heterocycles. The number of rotatable bonds is 5. The van der Waals surface area contributed by atoms with Gasteiger partial charge in [0.05, 0.1) is 0 Å². The summed E-state index contributed by atoms with van der Waals surface area (Å²) in [6, 6.07) is 9.99. The van der Waals surface area contributed by atoms with Gasteiger partial charge in [0, 0.05) is 17.5 Å². The fourth-order valence-electron chi connectivity index (χ4n) is 2.04. The topological polar surface area (TPSA) is 55.8 Å². The fourth-order valence-corrected chi connectivity index (χ4v) is 2.04. The number of phenols is 1. The zero-order valence-corrected chi connectivity index (χ0v) is 12.8. The van der Waals surface area contributed by atoms with Crippen molar-refractivity contribution in [3.05, 3.63) is 48.0 Å². The van der Waals surface area contributed by atoms with Crippen LogP contribution in [0.4, 0.5) is 13.2 Å². The first-order valence-electron chi connectivity index (χ1n) is 7.13. The molecule has 24 heavy (non-hydrogen) atoms. The Bertz CT molecular complexity index is 709. The minimum absolute atomic E-state index is 0.0817. The van der Waals surface area contributed by atoms with Crippen molar-refractivity contribution < 1.29 is 32.5 Å². The lowest BCUT2D eigenvalue weighted by Gasteiger charge is -2.12. The predicted molar refractivity (Wildman–Crippen MR) is 80.3 cm³/mol. The van der Waals surface area contributed by atoms with Crippen molar-refractivity contribution in [1.82, 2.24) is 0 Å². The molecule has 0 amide bonds. The number of carbonyl (C=O) groups excluding carboxylic acids is 1. The molecule has 0 unspecified atom stereocenters. The Labute approximate surface area is 136 Å². The number of benzene rings is 2. The van der Waals surface area contributed by atoms with Crippen LogP contribution in [0.25, 0.3) is 11.1 Å². The number of hydrogen-bond donors (Lipinski definition) is 1. The van der Waals surface area contributed by atoms with E-state index in [1.807, 2.05) is 0 Å². The maximum atomic E-state index is 12.2. The van der Waals surface area contributed by atoms with Gasteiger partial charge in [0.2, 0.25) is 0 Å². The van der Waals surface area contributed by atoms with Crippen LogP contribution in [0.3, 0.4) is 0 Å². The van der Waals surface area contributed by atoms with Gasteiger partial charge in [0.25, 0.3) is 0 Å². The Kier molecular flexibility index (Phi) is 5.33. The first-order valence-corrected chi connectivity index (χ1v) is 7.13. The highest BCUT2D eigenvalue weighted by atomic mass is 19.4. The average Bonchev–Trinajstić information content (AvgIpc) is 2.53. The van der Waals surface area contributed by atoms with Gasteiger partial charge in [-0.25, -0.2) is 0 Å². The van der Waals surface area contributed by atoms with Crippen LogP contribution in [-0.2, 0) is 16.1 Å². The summed E-state index contributed by atoms with van der Waals surface area (Å²) in [5, 5.41) is 10.3. The number of alkyl halides is 3. The summed E-state index contributed by atoms with van der Waals surface area (Å²) in [5.74, 6) is -0.835. The predicted octanol–water partition coefficient (Wildman–Crippen LogP) is 4.41. The van der Waals surface area contributed by atoms with Crippen molar-refractivity contribution in [3.63, 3.8) is 0 Å². The van der Waals surface area contributed by atoms with Gasteiger partial charge < -0.3 is 14.6 Å². The smallest absolute Gasteiger partial charge is 0.507 e. The van der Waals surface area contributed by atoms with E-state index in [9.17, 15) is 23.1 Å². The Morgan fingerprint density at radius 1 is 1.12 bits per heavy atom. The van der Waals surface area contributed by atoms with E-state index in [0.717, 1.165) is 12.1 Å². The Hall–Kier alpha value is -2.70. The number of halogens is 3. The molecule has 7 heteroatoms. The van der Waals surface area contributed by atoms with Crippen LogP contribution >= 0.6 is 0 Å². The molecule has 0 fully saturated rings. The monoisotopic (exact) mass is 340 g/mol. The molecule has 0 bridgehead atoms. The highest BCUT2D eigenvalue weighted by Crippen LogP contribution is 2.34. The fraction of sp³-hybridized carbons (Fsp3) is 0.235. The van der Waals surface area contributed by atoms with Crippen molar-refractivity contribution in [2.45, 2.75) is 26.3 Å². The molecule has 1 N–H and O–H groups in total. The lowest BCUT2D eigenvalue weighted by Crippen LogP contribution is -2.16. The van der Waals surface area contributed by atoms with Crippen LogP contribution in [0.15, 0.2) is 42.5 Å². The van der Waals surface area contributed by atoms with Gasteiger partial charge in [0.1, 0.15) is 18.1 Å². The van der Waals surface area contributed by atoms with Crippen LogP contribution in [0.1, 0.15) is 18.9 Å². The van der Waals surface area contributed by atoms with E-state index in [-0.39, 0.29) is 24.5 Å². The Morgan fingerprint density at radius 3 is 2.38 bits per heavy atom. The van der Waals surface area contributed by atoms with E-state index in [4.69, 9.17) is 4.74 Å².